The molecule has 0 spiro atoms. The van der Waals surface area contributed by atoms with Crippen LogP contribution in [0.4, 0.5) is 5.69 Å². The molecule has 100 valence electrons. The molecule has 1 heterocycles. The van der Waals surface area contributed by atoms with Crippen molar-refractivity contribution in [1.82, 2.24) is 4.98 Å². The summed E-state index contributed by atoms with van der Waals surface area (Å²) in [6, 6.07) is 10.1. The third kappa shape index (κ3) is 3.10. The van der Waals surface area contributed by atoms with Gasteiger partial charge in [-0.2, -0.15) is 0 Å². The molecule has 6 heteroatoms. The van der Waals surface area contributed by atoms with Crippen LogP contribution < -0.4 is 10.5 Å². The van der Waals surface area contributed by atoms with Crippen LogP contribution >= 0.6 is 0 Å². The van der Waals surface area contributed by atoms with Crippen LogP contribution in [0.15, 0.2) is 47.5 Å². The number of nitrogens with two attached hydrogens (primary N) is 1. The van der Waals surface area contributed by atoms with Crippen LogP contribution in [0, 0.1) is 6.92 Å². The molecule has 0 unspecified atom stereocenters. The molecule has 0 fully saturated rings. The van der Waals surface area contributed by atoms with Crippen LogP contribution in [0.1, 0.15) is 11.3 Å². The summed E-state index contributed by atoms with van der Waals surface area (Å²) < 4.78 is 27.0. The Morgan fingerprint density at radius 3 is 2.58 bits per heavy atom. The lowest BCUT2D eigenvalue weighted by molar-refractivity contribution is 0.600. The standard InChI is InChI=1S/C13H15N3O2S/c1-10-6-7-12(9-15-10)16-19(17,18)13-5-3-2-4-11(13)8-14/h2-7,9,16H,8,14H2,1H3. The molecule has 0 aliphatic heterocycles. The third-order valence-electron chi connectivity index (χ3n) is 2.65. The van der Waals surface area contributed by atoms with E-state index in [1.165, 1.54) is 12.3 Å². The number of pyridine rings is 1. The number of benzene rings is 1. The second kappa shape index (κ2) is 5.38. The van der Waals surface area contributed by atoms with E-state index in [4.69, 9.17) is 5.73 Å². The van der Waals surface area contributed by atoms with Crippen molar-refractivity contribution in [1.29, 1.82) is 0 Å². The number of hydrogen-bond donors (Lipinski definition) is 2. The van der Waals surface area contributed by atoms with Gasteiger partial charge < -0.3 is 5.73 Å². The van der Waals surface area contributed by atoms with E-state index in [-0.39, 0.29) is 11.4 Å². The van der Waals surface area contributed by atoms with E-state index in [0.29, 0.717) is 11.3 Å². The highest BCUT2D eigenvalue weighted by molar-refractivity contribution is 7.92. The fourth-order valence-corrected chi connectivity index (χ4v) is 2.97. The van der Waals surface area contributed by atoms with Gasteiger partial charge in [-0.15, -0.1) is 0 Å². The minimum atomic E-state index is -3.64. The Kier molecular flexibility index (Phi) is 3.82. The van der Waals surface area contributed by atoms with Gasteiger partial charge in [-0.1, -0.05) is 18.2 Å². The number of aryl methyl sites for hydroxylation is 1. The Balaban J connectivity index is 2.35. The Labute approximate surface area is 112 Å². The average molecular weight is 277 g/mol. The van der Waals surface area contributed by atoms with Gasteiger partial charge in [-0.3, -0.25) is 9.71 Å². The molecule has 0 saturated carbocycles. The summed E-state index contributed by atoms with van der Waals surface area (Å²) in [4.78, 5) is 4.24. The molecule has 0 aliphatic rings. The molecule has 3 N–H and O–H groups in total. The van der Waals surface area contributed by atoms with Gasteiger partial charge in [0.2, 0.25) is 0 Å². The fraction of sp³-hybridized carbons (Fsp3) is 0.154. The number of nitrogens with one attached hydrogen (secondary N) is 1. The summed E-state index contributed by atoms with van der Waals surface area (Å²) in [5, 5.41) is 0. The van der Waals surface area contributed by atoms with Crippen molar-refractivity contribution in [2.45, 2.75) is 18.4 Å². The summed E-state index contributed by atoms with van der Waals surface area (Å²) in [7, 11) is -3.64. The van der Waals surface area contributed by atoms with Crippen molar-refractivity contribution < 1.29 is 8.42 Å². The Hall–Kier alpha value is -1.92. The molecule has 19 heavy (non-hydrogen) atoms. The van der Waals surface area contributed by atoms with Crippen molar-refractivity contribution in [2.75, 3.05) is 4.72 Å². The van der Waals surface area contributed by atoms with Crippen LogP contribution in [-0.4, -0.2) is 13.4 Å². The maximum atomic E-state index is 12.3. The van der Waals surface area contributed by atoms with Crippen molar-refractivity contribution >= 4 is 15.7 Å². The highest BCUT2D eigenvalue weighted by atomic mass is 32.2. The topological polar surface area (TPSA) is 85.1 Å². The zero-order valence-corrected chi connectivity index (χ0v) is 11.3. The summed E-state index contributed by atoms with van der Waals surface area (Å²) in [6.07, 6.45) is 1.48. The molecule has 5 nitrogen and oxygen atoms in total. The third-order valence-corrected chi connectivity index (χ3v) is 4.13. The van der Waals surface area contributed by atoms with Crippen LogP contribution in [-0.2, 0) is 16.6 Å². The number of sulfonamides is 1. The largest absolute Gasteiger partial charge is 0.326 e. The molecule has 2 rings (SSSR count). The molecule has 0 bridgehead atoms. The zero-order valence-electron chi connectivity index (χ0n) is 10.5. The molecular weight excluding hydrogens is 262 g/mol. The van der Waals surface area contributed by atoms with E-state index >= 15 is 0 Å². The average Bonchev–Trinajstić information content (AvgIpc) is 2.41. The number of hydrogen-bond acceptors (Lipinski definition) is 4. The van der Waals surface area contributed by atoms with E-state index in [1.807, 2.05) is 6.92 Å². The summed E-state index contributed by atoms with van der Waals surface area (Å²) in [5.74, 6) is 0. The normalized spacial score (nSPS) is 11.3. The SMILES string of the molecule is Cc1ccc(NS(=O)(=O)c2ccccc2CN)cn1. The quantitative estimate of drug-likeness (QED) is 0.889. The van der Waals surface area contributed by atoms with E-state index in [1.54, 1.807) is 30.3 Å². The maximum absolute atomic E-state index is 12.3. The van der Waals surface area contributed by atoms with Crippen LogP contribution in [0.3, 0.4) is 0 Å². The Morgan fingerprint density at radius 1 is 1.21 bits per heavy atom. The van der Waals surface area contributed by atoms with Crippen molar-refractivity contribution in [3.8, 4) is 0 Å². The van der Waals surface area contributed by atoms with Gasteiger partial charge in [0, 0.05) is 12.2 Å². The number of rotatable bonds is 4. The van der Waals surface area contributed by atoms with Crippen molar-refractivity contribution in [3.05, 3.63) is 53.9 Å². The number of nitrogens with zero attached hydrogens (tertiary/aromatic N) is 1. The Bertz CT molecular complexity index is 667. The van der Waals surface area contributed by atoms with Gasteiger partial charge >= 0.3 is 0 Å². The molecule has 0 atom stereocenters. The van der Waals surface area contributed by atoms with Gasteiger partial charge in [-0.25, -0.2) is 8.42 Å². The molecule has 1 aromatic heterocycles. The number of anilines is 1. The summed E-state index contributed by atoms with van der Waals surface area (Å²) in [5.41, 5.74) is 7.39. The Morgan fingerprint density at radius 2 is 1.95 bits per heavy atom. The van der Waals surface area contributed by atoms with E-state index in [9.17, 15) is 8.42 Å². The first-order valence-corrected chi connectivity index (χ1v) is 7.25. The predicted molar refractivity (Wildman–Crippen MR) is 74.1 cm³/mol. The van der Waals surface area contributed by atoms with Gasteiger partial charge in [0.1, 0.15) is 0 Å². The molecule has 0 amide bonds. The molecule has 0 radical (unpaired) electrons. The second-order valence-electron chi connectivity index (χ2n) is 4.11. The molecule has 2 aromatic rings. The maximum Gasteiger partial charge on any atom is 0.262 e. The highest BCUT2D eigenvalue weighted by Crippen LogP contribution is 2.18. The van der Waals surface area contributed by atoms with Crippen LogP contribution in [0.25, 0.3) is 0 Å². The van der Waals surface area contributed by atoms with E-state index in [2.05, 4.69) is 9.71 Å². The first-order valence-electron chi connectivity index (χ1n) is 5.76. The van der Waals surface area contributed by atoms with Gasteiger partial charge in [0.25, 0.3) is 10.0 Å². The zero-order chi connectivity index (χ0) is 13.9. The van der Waals surface area contributed by atoms with Crippen LogP contribution in [0.2, 0.25) is 0 Å². The van der Waals surface area contributed by atoms with Crippen LogP contribution in [0.5, 0.6) is 0 Å². The minimum absolute atomic E-state index is 0.170. The van der Waals surface area contributed by atoms with Crippen molar-refractivity contribution in [2.24, 2.45) is 5.73 Å². The predicted octanol–water partition coefficient (Wildman–Crippen LogP) is 1.65. The fourth-order valence-electron chi connectivity index (χ4n) is 1.67. The van der Waals surface area contributed by atoms with E-state index < -0.39 is 10.0 Å². The summed E-state index contributed by atoms with van der Waals surface area (Å²) in [6.45, 7) is 2.01. The first kappa shape index (κ1) is 13.5. The van der Waals surface area contributed by atoms with Crippen molar-refractivity contribution in [3.63, 3.8) is 0 Å². The smallest absolute Gasteiger partial charge is 0.262 e. The molecule has 0 aliphatic carbocycles. The van der Waals surface area contributed by atoms with Gasteiger partial charge in [0.15, 0.2) is 0 Å². The second-order valence-corrected chi connectivity index (χ2v) is 5.76. The minimum Gasteiger partial charge on any atom is -0.326 e. The molecule has 0 saturated heterocycles. The van der Waals surface area contributed by atoms with Gasteiger partial charge in [-0.05, 0) is 30.7 Å². The summed E-state index contributed by atoms with van der Waals surface area (Å²) >= 11 is 0. The lowest BCUT2D eigenvalue weighted by atomic mass is 10.2. The highest BCUT2D eigenvalue weighted by Gasteiger charge is 2.17. The van der Waals surface area contributed by atoms with Gasteiger partial charge in [0.05, 0.1) is 16.8 Å². The first-order chi connectivity index (χ1) is 9.03. The molecule has 1 aromatic carbocycles. The van der Waals surface area contributed by atoms with E-state index in [0.717, 1.165) is 5.69 Å². The molecular formula is C13H15N3O2S. The number of aromatic nitrogens is 1. The monoisotopic (exact) mass is 277 g/mol. The lowest BCUT2D eigenvalue weighted by Crippen LogP contribution is -2.16. The lowest BCUT2D eigenvalue weighted by Gasteiger charge is -2.11.